The molecule has 1 saturated heterocycles. The molecule has 1 fully saturated rings. The molecule has 0 saturated carbocycles. The minimum absolute atomic E-state index is 0.0221. The number of nitrogens with zero attached hydrogens (tertiary/aromatic N) is 3. The molecule has 6 heteroatoms. The van der Waals surface area contributed by atoms with Crippen LogP contribution in [0.15, 0.2) is 48.5 Å². The molecule has 0 bridgehead atoms. The third-order valence-corrected chi connectivity index (χ3v) is 5.46. The van der Waals surface area contributed by atoms with Crippen LogP contribution < -0.4 is 4.90 Å². The Hall–Kier alpha value is -2.53. The van der Waals surface area contributed by atoms with E-state index in [1.807, 2.05) is 23.1 Å². The number of aryl methyl sites for hydroxylation is 1. The topological polar surface area (TPSA) is 43.9 Å². The molecule has 1 heterocycles. The minimum atomic E-state index is -0.133. The first kappa shape index (κ1) is 20.2. The zero-order valence-corrected chi connectivity index (χ0v) is 17.2. The zero-order valence-electron chi connectivity index (χ0n) is 16.4. The molecule has 0 spiro atoms. The minimum Gasteiger partial charge on any atom is -0.368 e. The van der Waals surface area contributed by atoms with E-state index in [9.17, 15) is 9.59 Å². The summed E-state index contributed by atoms with van der Waals surface area (Å²) < 4.78 is 0. The predicted octanol–water partition coefficient (Wildman–Crippen LogP) is 3.35. The predicted molar refractivity (Wildman–Crippen MR) is 113 cm³/mol. The zero-order chi connectivity index (χ0) is 20.1. The Balaban J connectivity index is 1.58. The number of piperazine rings is 1. The van der Waals surface area contributed by atoms with Crippen LogP contribution in [0.5, 0.6) is 0 Å². The van der Waals surface area contributed by atoms with Gasteiger partial charge in [-0.1, -0.05) is 41.9 Å². The van der Waals surface area contributed by atoms with Crippen LogP contribution in [0, 0.1) is 6.92 Å². The molecule has 3 rings (SSSR count). The Morgan fingerprint density at radius 1 is 1.04 bits per heavy atom. The van der Waals surface area contributed by atoms with E-state index in [0.717, 1.165) is 18.7 Å². The van der Waals surface area contributed by atoms with Gasteiger partial charge in [-0.05, 0) is 36.2 Å². The molecule has 0 N–H and O–H groups in total. The summed E-state index contributed by atoms with van der Waals surface area (Å²) in [6.45, 7) is 6.88. The van der Waals surface area contributed by atoms with Crippen molar-refractivity contribution in [2.45, 2.75) is 20.4 Å². The lowest BCUT2D eigenvalue weighted by Gasteiger charge is -2.37. The van der Waals surface area contributed by atoms with Crippen LogP contribution in [0.4, 0.5) is 5.69 Å². The second-order valence-corrected chi connectivity index (χ2v) is 7.58. The van der Waals surface area contributed by atoms with Crippen molar-refractivity contribution in [1.82, 2.24) is 9.80 Å². The first-order valence-corrected chi connectivity index (χ1v) is 9.90. The highest BCUT2D eigenvalue weighted by Gasteiger charge is 2.24. The molecule has 0 unspecified atom stereocenters. The Bertz CT molecular complexity index is 847. The Labute approximate surface area is 171 Å². The van der Waals surface area contributed by atoms with Gasteiger partial charge in [0.15, 0.2) is 0 Å². The van der Waals surface area contributed by atoms with E-state index in [-0.39, 0.29) is 18.4 Å². The number of carbonyl (C=O) groups is 2. The summed E-state index contributed by atoms with van der Waals surface area (Å²) in [6, 6.07) is 15.8. The van der Waals surface area contributed by atoms with Gasteiger partial charge in [0, 0.05) is 50.4 Å². The SMILES string of the molecule is CC(=O)N(CC(=O)N1CCN(c2cccc(C)c2)CC1)Cc1ccccc1Cl. The number of hydrogen-bond acceptors (Lipinski definition) is 3. The van der Waals surface area contributed by atoms with Gasteiger partial charge in [-0.2, -0.15) is 0 Å². The fourth-order valence-electron chi connectivity index (χ4n) is 3.41. The van der Waals surface area contributed by atoms with E-state index >= 15 is 0 Å². The van der Waals surface area contributed by atoms with Gasteiger partial charge in [0.2, 0.25) is 11.8 Å². The standard InChI is InChI=1S/C22H26ClN3O2/c1-17-6-5-8-20(14-17)24-10-12-25(13-11-24)22(28)16-26(18(2)27)15-19-7-3-4-9-21(19)23/h3-9,14H,10-13,15-16H2,1-2H3. The molecule has 2 aromatic carbocycles. The lowest BCUT2D eigenvalue weighted by atomic mass is 10.2. The van der Waals surface area contributed by atoms with E-state index in [4.69, 9.17) is 11.6 Å². The molecule has 0 aromatic heterocycles. The van der Waals surface area contributed by atoms with Crippen LogP contribution in [0.3, 0.4) is 0 Å². The fourth-order valence-corrected chi connectivity index (χ4v) is 3.61. The van der Waals surface area contributed by atoms with Crippen LogP contribution in [0.2, 0.25) is 5.02 Å². The smallest absolute Gasteiger partial charge is 0.242 e. The summed E-state index contributed by atoms with van der Waals surface area (Å²) in [5, 5.41) is 0.605. The Morgan fingerprint density at radius 3 is 2.39 bits per heavy atom. The van der Waals surface area contributed by atoms with Crippen molar-refractivity contribution in [3.8, 4) is 0 Å². The van der Waals surface area contributed by atoms with Gasteiger partial charge < -0.3 is 14.7 Å². The summed E-state index contributed by atoms with van der Waals surface area (Å²) in [7, 11) is 0. The summed E-state index contributed by atoms with van der Waals surface area (Å²) in [6.07, 6.45) is 0. The van der Waals surface area contributed by atoms with Crippen molar-refractivity contribution in [2.75, 3.05) is 37.6 Å². The highest BCUT2D eigenvalue weighted by Crippen LogP contribution is 2.19. The maximum Gasteiger partial charge on any atom is 0.242 e. The van der Waals surface area contributed by atoms with Crippen LogP contribution >= 0.6 is 11.6 Å². The maximum absolute atomic E-state index is 12.8. The lowest BCUT2D eigenvalue weighted by Crippen LogP contribution is -2.51. The van der Waals surface area contributed by atoms with Crippen LogP contribution in [-0.4, -0.2) is 54.3 Å². The van der Waals surface area contributed by atoms with Crippen molar-refractivity contribution < 1.29 is 9.59 Å². The quantitative estimate of drug-likeness (QED) is 0.774. The molecule has 0 aliphatic carbocycles. The molecule has 1 aliphatic heterocycles. The number of hydrogen-bond donors (Lipinski definition) is 0. The second-order valence-electron chi connectivity index (χ2n) is 7.17. The van der Waals surface area contributed by atoms with Crippen LogP contribution in [0.1, 0.15) is 18.1 Å². The van der Waals surface area contributed by atoms with E-state index in [0.29, 0.717) is 24.7 Å². The van der Waals surface area contributed by atoms with Crippen LogP contribution in [0.25, 0.3) is 0 Å². The van der Waals surface area contributed by atoms with Crippen molar-refractivity contribution >= 4 is 29.1 Å². The molecule has 28 heavy (non-hydrogen) atoms. The molecule has 0 radical (unpaired) electrons. The number of benzene rings is 2. The van der Waals surface area contributed by atoms with Gasteiger partial charge >= 0.3 is 0 Å². The van der Waals surface area contributed by atoms with Crippen molar-refractivity contribution in [3.63, 3.8) is 0 Å². The van der Waals surface area contributed by atoms with Crippen LogP contribution in [-0.2, 0) is 16.1 Å². The van der Waals surface area contributed by atoms with E-state index in [2.05, 4.69) is 36.1 Å². The molecular weight excluding hydrogens is 374 g/mol. The first-order valence-electron chi connectivity index (χ1n) is 9.52. The van der Waals surface area contributed by atoms with Crippen molar-refractivity contribution in [2.24, 2.45) is 0 Å². The number of carbonyl (C=O) groups excluding carboxylic acids is 2. The van der Waals surface area contributed by atoms with Gasteiger partial charge in [0.25, 0.3) is 0 Å². The first-order chi connectivity index (χ1) is 13.4. The third-order valence-electron chi connectivity index (χ3n) is 5.09. The van der Waals surface area contributed by atoms with Gasteiger partial charge in [0.1, 0.15) is 6.54 Å². The fraction of sp³-hybridized carbons (Fsp3) is 0.364. The normalized spacial score (nSPS) is 14.1. The highest BCUT2D eigenvalue weighted by atomic mass is 35.5. The molecule has 0 atom stereocenters. The number of rotatable bonds is 5. The molecule has 2 amide bonds. The summed E-state index contributed by atoms with van der Waals surface area (Å²) in [5.74, 6) is -0.155. The maximum atomic E-state index is 12.8. The average molecular weight is 400 g/mol. The van der Waals surface area contributed by atoms with Gasteiger partial charge in [-0.25, -0.2) is 0 Å². The Morgan fingerprint density at radius 2 is 1.75 bits per heavy atom. The molecule has 5 nitrogen and oxygen atoms in total. The van der Waals surface area contributed by atoms with Gasteiger partial charge in [-0.3, -0.25) is 9.59 Å². The largest absolute Gasteiger partial charge is 0.368 e. The molecule has 1 aliphatic rings. The summed E-state index contributed by atoms with van der Waals surface area (Å²) in [5.41, 5.74) is 3.26. The lowest BCUT2D eigenvalue weighted by molar-refractivity contribution is -0.140. The number of anilines is 1. The monoisotopic (exact) mass is 399 g/mol. The number of halogens is 1. The third kappa shape index (κ3) is 5.04. The van der Waals surface area contributed by atoms with E-state index in [1.165, 1.54) is 18.2 Å². The van der Waals surface area contributed by atoms with E-state index < -0.39 is 0 Å². The van der Waals surface area contributed by atoms with E-state index in [1.54, 1.807) is 11.0 Å². The average Bonchev–Trinajstić information content (AvgIpc) is 2.69. The summed E-state index contributed by atoms with van der Waals surface area (Å²) >= 11 is 6.20. The molecular formula is C22H26ClN3O2. The molecule has 2 aromatic rings. The number of amides is 2. The van der Waals surface area contributed by atoms with Gasteiger partial charge in [-0.15, -0.1) is 0 Å². The Kier molecular flexibility index (Phi) is 6.57. The van der Waals surface area contributed by atoms with Crippen molar-refractivity contribution in [1.29, 1.82) is 0 Å². The molecule has 148 valence electrons. The second kappa shape index (κ2) is 9.11. The highest BCUT2D eigenvalue weighted by molar-refractivity contribution is 6.31. The van der Waals surface area contributed by atoms with Crippen molar-refractivity contribution in [3.05, 3.63) is 64.7 Å². The van der Waals surface area contributed by atoms with Gasteiger partial charge in [0.05, 0.1) is 0 Å². The summed E-state index contributed by atoms with van der Waals surface area (Å²) in [4.78, 5) is 30.5.